The average Bonchev–Trinajstić information content (AvgIpc) is 2.54. The highest BCUT2D eigenvalue weighted by Gasteiger charge is 2.36. The van der Waals surface area contributed by atoms with Crippen LogP contribution in [0, 0.1) is 5.82 Å². The van der Waals surface area contributed by atoms with Crippen LogP contribution < -0.4 is 5.32 Å². The molecule has 2 amide bonds. The van der Waals surface area contributed by atoms with E-state index >= 15 is 0 Å². The monoisotopic (exact) mass is 347 g/mol. The molecular formula is C15H17F4N3O2. The summed E-state index contributed by atoms with van der Waals surface area (Å²) >= 11 is 0. The van der Waals surface area contributed by atoms with E-state index in [1.165, 1.54) is 7.05 Å². The third kappa shape index (κ3) is 4.02. The molecule has 0 aliphatic carbocycles. The highest BCUT2D eigenvalue weighted by atomic mass is 19.4. The van der Waals surface area contributed by atoms with E-state index in [9.17, 15) is 27.2 Å². The van der Waals surface area contributed by atoms with E-state index in [1.807, 2.05) is 0 Å². The summed E-state index contributed by atoms with van der Waals surface area (Å²) in [5.74, 6) is -2.93. The maximum Gasteiger partial charge on any atom is 0.419 e. The first kappa shape index (κ1) is 18.2. The number of nitrogens with zero attached hydrogens (tertiary/aromatic N) is 2. The molecule has 0 bridgehead atoms. The SMILES string of the molecule is CN(CC(=O)N1CCNCC1)C(=O)c1cccc(C(F)(F)F)c1F. The van der Waals surface area contributed by atoms with Crippen LogP contribution in [-0.2, 0) is 11.0 Å². The van der Waals surface area contributed by atoms with Crippen LogP contribution in [0.4, 0.5) is 17.6 Å². The van der Waals surface area contributed by atoms with Crippen LogP contribution in [0.3, 0.4) is 0 Å². The first-order valence-corrected chi connectivity index (χ1v) is 7.31. The number of rotatable bonds is 3. The summed E-state index contributed by atoms with van der Waals surface area (Å²) in [4.78, 5) is 26.7. The van der Waals surface area contributed by atoms with Crippen LogP contribution in [0.25, 0.3) is 0 Å². The number of hydrogen-bond donors (Lipinski definition) is 1. The molecule has 24 heavy (non-hydrogen) atoms. The quantitative estimate of drug-likeness (QED) is 0.840. The minimum Gasteiger partial charge on any atom is -0.339 e. The summed E-state index contributed by atoms with van der Waals surface area (Å²) in [6.07, 6.45) is -4.89. The third-order valence-electron chi connectivity index (χ3n) is 3.72. The first-order chi connectivity index (χ1) is 11.2. The molecule has 1 aliphatic rings. The molecule has 1 fully saturated rings. The zero-order valence-corrected chi connectivity index (χ0v) is 13.0. The molecule has 0 spiro atoms. The van der Waals surface area contributed by atoms with Gasteiger partial charge in [-0.1, -0.05) is 6.07 Å². The predicted octanol–water partition coefficient (Wildman–Crippen LogP) is 1.35. The van der Waals surface area contributed by atoms with Crippen LogP contribution in [-0.4, -0.2) is 61.4 Å². The molecule has 9 heteroatoms. The van der Waals surface area contributed by atoms with Gasteiger partial charge in [0.2, 0.25) is 5.91 Å². The highest BCUT2D eigenvalue weighted by Crippen LogP contribution is 2.32. The number of alkyl halides is 3. The van der Waals surface area contributed by atoms with E-state index in [2.05, 4.69) is 5.32 Å². The van der Waals surface area contributed by atoms with Crippen molar-refractivity contribution in [3.8, 4) is 0 Å². The van der Waals surface area contributed by atoms with Crippen LogP contribution in [0.1, 0.15) is 15.9 Å². The molecule has 0 atom stereocenters. The number of carbonyl (C=O) groups is 2. The number of amides is 2. The lowest BCUT2D eigenvalue weighted by Crippen LogP contribution is -2.49. The maximum atomic E-state index is 14.0. The van der Waals surface area contributed by atoms with Gasteiger partial charge in [-0.05, 0) is 12.1 Å². The molecule has 0 saturated carbocycles. The Bertz CT molecular complexity index is 628. The molecule has 5 nitrogen and oxygen atoms in total. The summed E-state index contributed by atoms with van der Waals surface area (Å²) in [6.45, 7) is 1.91. The number of nitrogens with one attached hydrogen (secondary N) is 1. The normalized spacial score (nSPS) is 15.3. The Morgan fingerprint density at radius 1 is 1.25 bits per heavy atom. The van der Waals surface area contributed by atoms with Crippen LogP contribution in [0.2, 0.25) is 0 Å². The van der Waals surface area contributed by atoms with Crippen LogP contribution in [0.15, 0.2) is 18.2 Å². The predicted molar refractivity (Wildman–Crippen MR) is 77.8 cm³/mol. The van der Waals surface area contributed by atoms with Crippen molar-refractivity contribution in [3.05, 3.63) is 35.1 Å². The van der Waals surface area contributed by atoms with Gasteiger partial charge in [-0.3, -0.25) is 9.59 Å². The van der Waals surface area contributed by atoms with Gasteiger partial charge in [0.15, 0.2) is 0 Å². The smallest absolute Gasteiger partial charge is 0.339 e. The molecule has 1 saturated heterocycles. The number of hydrogen-bond acceptors (Lipinski definition) is 3. The van der Waals surface area contributed by atoms with Gasteiger partial charge in [-0.25, -0.2) is 4.39 Å². The van der Waals surface area contributed by atoms with Crippen molar-refractivity contribution in [2.24, 2.45) is 0 Å². The van der Waals surface area contributed by atoms with Gasteiger partial charge in [0.25, 0.3) is 5.91 Å². The van der Waals surface area contributed by atoms with Crippen LogP contribution in [0.5, 0.6) is 0 Å². The number of halogens is 4. The van der Waals surface area contributed by atoms with Crippen molar-refractivity contribution in [1.82, 2.24) is 15.1 Å². The molecule has 0 unspecified atom stereocenters. The number of piperazine rings is 1. The van der Waals surface area contributed by atoms with Gasteiger partial charge < -0.3 is 15.1 Å². The van der Waals surface area contributed by atoms with E-state index in [4.69, 9.17) is 0 Å². The summed E-state index contributed by atoms with van der Waals surface area (Å²) < 4.78 is 52.1. The molecule has 0 radical (unpaired) electrons. The minimum absolute atomic E-state index is 0.325. The molecule has 2 rings (SSSR count). The molecule has 0 aromatic heterocycles. The van der Waals surface area contributed by atoms with Crippen LogP contribution >= 0.6 is 0 Å². The van der Waals surface area contributed by atoms with Gasteiger partial charge in [0, 0.05) is 33.2 Å². The lowest BCUT2D eigenvalue weighted by Gasteiger charge is -2.29. The minimum atomic E-state index is -4.89. The van der Waals surface area contributed by atoms with Gasteiger partial charge in [0.1, 0.15) is 5.82 Å². The Labute approximate surface area is 136 Å². The molecule has 132 valence electrons. The summed E-state index contributed by atoms with van der Waals surface area (Å²) in [5, 5.41) is 3.07. The number of carbonyl (C=O) groups excluding carboxylic acids is 2. The topological polar surface area (TPSA) is 52.7 Å². The van der Waals surface area contributed by atoms with Crippen molar-refractivity contribution >= 4 is 11.8 Å². The van der Waals surface area contributed by atoms with Gasteiger partial charge in [0.05, 0.1) is 17.7 Å². The van der Waals surface area contributed by atoms with E-state index in [1.54, 1.807) is 4.90 Å². The Kier molecular flexibility index (Phi) is 5.43. The molecule has 1 N–H and O–H groups in total. The average molecular weight is 347 g/mol. The van der Waals surface area contributed by atoms with Crippen molar-refractivity contribution in [3.63, 3.8) is 0 Å². The Morgan fingerprint density at radius 2 is 1.88 bits per heavy atom. The Morgan fingerprint density at radius 3 is 2.46 bits per heavy atom. The van der Waals surface area contributed by atoms with E-state index in [0.717, 1.165) is 17.0 Å². The Hall–Kier alpha value is -2.16. The standard InChI is InChI=1S/C15H17F4N3O2/c1-21(9-12(23)22-7-5-20-6-8-22)14(24)10-3-2-4-11(13(10)16)15(17,18)19/h2-4,20H,5-9H2,1H3. The molecule has 1 aromatic rings. The number of likely N-dealkylation sites (N-methyl/N-ethyl adjacent to an activating group) is 1. The van der Waals surface area contributed by atoms with Gasteiger partial charge >= 0.3 is 6.18 Å². The second-order valence-corrected chi connectivity index (χ2v) is 5.46. The fraction of sp³-hybridized carbons (Fsp3) is 0.467. The molecule has 1 heterocycles. The largest absolute Gasteiger partial charge is 0.419 e. The third-order valence-corrected chi connectivity index (χ3v) is 3.72. The second-order valence-electron chi connectivity index (χ2n) is 5.46. The second kappa shape index (κ2) is 7.16. The summed E-state index contributed by atoms with van der Waals surface area (Å²) in [6, 6.07) is 2.50. The zero-order chi connectivity index (χ0) is 17.9. The van der Waals surface area contributed by atoms with Crippen molar-refractivity contribution in [1.29, 1.82) is 0 Å². The first-order valence-electron chi connectivity index (χ1n) is 7.31. The molecule has 1 aromatic carbocycles. The molecule has 1 aliphatic heterocycles. The highest BCUT2D eigenvalue weighted by molar-refractivity contribution is 5.96. The Balaban J connectivity index is 2.12. The van der Waals surface area contributed by atoms with Crippen molar-refractivity contribution in [2.45, 2.75) is 6.18 Å². The number of benzene rings is 1. The van der Waals surface area contributed by atoms with E-state index in [-0.39, 0.29) is 12.5 Å². The van der Waals surface area contributed by atoms with Gasteiger partial charge in [-0.15, -0.1) is 0 Å². The van der Waals surface area contributed by atoms with Crippen molar-refractivity contribution < 1.29 is 27.2 Å². The van der Waals surface area contributed by atoms with Gasteiger partial charge in [-0.2, -0.15) is 13.2 Å². The summed E-state index contributed by atoms with van der Waals surface area (Å²) in [5.41, 5.74) is -2.21. The van der Waals surface area contributed by atoms with E-state index < -0.39 is 29.0 Å². The maximum absolute atomic E-state index is 14.0. The summed E-state index contributed by atoms with van der Waals surface area (Å²) in [7, 11) is 1.25. The zero-order valence-electron chi connectivity index (χ0n) is 13.0. The molecular weight excluding hydrogens is 330 g/mol. The fourth-order valence-corrected chi connectivity index (χ4v) is 2.41. The lowest BCUT2D eigenvalue weighted by atomic mass is 10.1. The van der Waals surface area contributed by atoms with E-state index in [0.29, 0.717) is 32.2 Å². The lowest BCUT2D eigenvalue weighted by molar-refractivity contribution is -0.140. The van der Waals surface area contributed by atoms with Crippen molar-refractivity contribution in [2.75, 3.05) is 39.8 Å². The fourth-order valence-electron chi connectivity index (χ4n) is 2.41.